The summed E-state index contributed by atoms with van der Waals surface area (Å²) >= 11 is 0. The standard InChI is InChI=1S/C19H24N4O2/c1-3-25-17-9-5-4-8-16(17)22-18(24)15-11-20-19(21-12-15)23-10-6-7-14(2)13-23/h4-5,8-9,11-12,14H,3,6-7,10,13H2,1-2H3,(H,22,24). The molecule has 1 atom stereocenters. The van der Waals surface area contributed by atoms with E-state index in [0.29, 0.717) is 35.5 Å². The minimum Gasteiger partial charge on any atom is -0.492 e. The van der Waals surface area contributed by atoms with Gasteiger partial charge in [-0.05, 0) is 37.8 Å². The van der Waals surface area contributed by atoms with E-state index in [4.69, 9.17) is 4.74 Å². The number of para-hydroxylation sites is 2. The summed E-state index contributed by atoms with van der Waals surface area (Å²) in [5.74, 6) is 1.75. The SMILES string of the molecule is CCOc1ccccc1NC(=O)c1cnc(N2CCCC(C)C2)nc1. The molecule has 1 amide bonds. The minimum atomic E-state index is -0.245. The number of anilines is 2. The number of benzene rings is 1. The number of amides is 1. The van der Waals surface area contributed by atoms with Crippen LogP contribution in [0, 0.1) is 5.92 Å². The molecule has 1 unspecified atom stereocenters. The van der Waals surface area contributed by atoms with Gasteiger partial charge in [0.15, 0.2) is 0 Å². The van der Waals surface area contributed by atoms with Crippen molar-refractivity contribution in [3.63, 3.8) is 0 Å². The van der Waals surface area contributed by atoms with Crippen molar-refractivity contribution in [3.05, 3.63) is 42.2 Å². The number of ether oxygens (including phenoxy) is 1. The maximum absolute atomic E-state index is 12.4. The van der Waals surface area contributed by atoms with Crippen LogP contribution in [-0.2, 0) is 0 Å². The first-order valence-corrected chi connectivity index (χ1v) is 8.77. The van der Waals surface area contributed by atoms with Gasteiger partial charge in [-0.1, -0.05) is 19.1 Å². The highest BCUT2D eigenvalue weighted by Gasteiger charge is 2.19. The van der Waals surface area contributed by atoms with Crippen LogP contribution in [0.4, 0.5) is 11.6 Å². The normalized spacial score (nSPS) is 17.2. The molecule has 1 aromatic heterocycles. The van der Waals surface area contributed by atoms with Crippen LogP contribution in [0.15, 0.2) is 36.7 Å². The topological polar surface area (TPSA) is 67.3 Å². The molecule has 0 aliphatic carbocycles. The molecule has 25 heavy (non-hydrogen) atoms. The van der Waals surface area contributed by atoms with Crippen molar-refractivity contribution in [3.8, 4) is 5.75 Å². The molecule has 1 aliphatic heterocycles. The number of hydrogen-bond donors (Lipinski definition) is 1. The number of rotatable bonds is 5. The predicted octanol–water partition coefficient (Wildman–Crippen LogP) is 3.36. The molecule has 0 spiro atoms. The molecule has 1 N–H and O–H groups in total. The molecule has 0 radical (unpaired) electrons. The molecule has 6 nitrogen and oxygen atoms in total. The van der Waals surface area contributed by atoms with Crippen LogP contribution in [0.1, 0.15) is 37.0 Å². The molecule has 0 saturated carbocycles. The van der Waals surface area contributed by atoms with E-state index < -0.39 is 0 Å². The second-order valence-corrected chi connectivity index (χ2v) is 6.35. The monoisotopic (exact) mass is 340 g/mol. The Hall–Kier alpha value is -2.63. The Labute approximate surface area is 148 Å². The van der Waals surface area contributed by atoms with Crippen LogP contribution in [0.3, 0.4) is 0 Å². The predicted molar refractivity (Wildman–Crippen MR) is 98.2 cm³/mol. The van der Waals surface area contributed by atoms with Gasteiger partial charge >= 0.3 is 0 Å². The molecule has 1 aromatic carbocycles. The van der Waals surface area contributed by atoms with Crippen molar-refractivity contribution < 1.29 is 9.53 Å². The fourth-order valence-electron chi connectivity index (χ4n) is 3.02. The molecule has 132 valence electrons. The summed E-state index contributed by atoms with van der Waals surface area (Å²) in [4.78, 5) is 23.4. The van der Waals surface area contributed by atoms with E-state index in [1.165, 1.54) is 6.42 Å². The van der Waals surface area contributed by atoms with Crippen LogP contribution in [0.5, 0.6) is 5.75 Å². The van der Waals surface area contributed by atoms with Crippen LogP contribution < -0.4 is 15.0 Å². The van der Waals surface area contributed by atoms with Gasteiger partial charge in [0.1, 0.15) is 5.75 Å². The largest absolute Gasteiger partial charge is 0.492 e. The molecule has 3 rings (SSSR count). The highest BCUT2D eigenvalue weighted by atomic mass is 16.5. The summed E-state index contributed by atoms with van der Waals surface area (Å²) in [5.41, 5.74) is 1.07. The van der Waals surface area contributed by atoms with E-state index in [1.807, 2.05) is 31.2 Å². The summed E-state index contributed by atoms with van der Waals surface area (Å²) < 4.78 is 5.53. The quantitative estimate of drug-likeness (QED) is 0.904. The van der Waals surface area contributed by atoms with Gasteiger partial charge in [0.2, 0.25) is 5.95 Å². The maximum Gasteiger partial charge on any atom is 0.258 e. The average molecular weight is 340 g/mol. The molecule has 0 bridgehead atoms. The molecule has 1 fully saturated rings. The second kappa shape index (κ2) is 7.96. The van der Waals surface area contributed by atoms with E-state index in [2.05, 4.69) is 27.1 Å². The van der Waals surface area contributed by atoms with Crippen molar-refractivity contribution in [1.29, 1.82) is 0 Å². The number of aromatic nitrogens is 2. The number of piperidine rings is 1. The zero-order valence-electron chi connectivity index (χ0n) is 14.7. The third kappa shape index (κ3) is 4.26. The number of hydrogen-bond acceptors (Lipinski definition) is 5. The molecule has 1 saturated heterocycles. The Morgan fingerprint density at radius 1 is 1.32 bits per heavy atom. The van der Waals surface area contributed by atoms with Crippen molar-refractivity contribution in [1.82, 2.24) is 9.97 Å². The average Bonchev–Trinajstić information content (AvgIpc) is 2.64. The Morgan fingerprint density at radius 3 is 2.80 bits per heavy atom. The summed E-state index contributed by atoms with van der Waals surface area (Å²) in [6.45, 7) is 6.63. The lowest BCUT2D eigenvalue weighted by Gasteiger charge is -2.30. The minimum absolute atomic E-state index is 0.245. The number of nitrogens with zero attached hydrogens (tertiary/aromatic N) is 3. The number of carbonyl (C=O) groups is 1. The maximum atomic E-state index is 12.4. The van der Waals surface area contributed by atoms with E-state index in [-0.39, 0.29) is 5.91 Å². The smallest absolute Gasteiger partial charge is 0.258 e. The Morgan fingerprint density at radius 2 is 2.08 bits per heavy atom. The zero-order valence-corrected chi connectivity index (χ0v) is 14.7. The van der Waals surface area contributed by atoms with E-state index in [9.17, 15) is 4.79 Å². The van der Waals surface area contributed by atoms with Gasteiger partial charge in [-0.25, -0.2) is 9.97 Å². The fraction of sp³-hybridized carbons (Fsp3) is 0.421. The van der Waals surface area contributed by atoms with Crippen molar-refractivity contribution in [2.45, 2.75) is 26.7 Å². The first kappa shape index (κ1) is 17.2. The first-order chi connectivity index (χ1) is 12.2. The summed E-state index contributed by atoms with van der Waals surface area (Å²) in [6.07, 6.45) is 5.57. The zero-order chi connectivity index (χ0) is 17.6. The van der Waals surface area contributed by atoms with Gasteiger partial charge in [-0.2, -0.15) is 0 Å². The van der Waals surface area contributed by atoms with Crippen LogP contribution in [-0.4, -0.2) is 35.6 Å². The Balaban J connectivity index is 1.69. The summed E-state index contributed by atoms with van der Waals surface area (Å²) in [5, 5.41) is 2.86. The summed E-state index contributed by atoms with van der Waals surface area (Å²) in [6, 6.07) is 7.37. The van der Waals surface area contributed by atoms with Crippen molar-refractivity contribution in [2.24, 2.45) is 5.92 Å². The van der Waals surface area contributed by atoms with Gasteiger partial charge < -0.3 is 15.0 Å². The lowest BCUT2D eigenvalue weighted by atomic mass is 10.0. The highest BCUT2D eigenvalue weighted by Crippen LogP contribution is 2.24. The van der Waals surface area contributed by atoms with Crippen LogP contribution in [0.2, 0.25) is 0 Å². The molecule has 6 heteroatoms. The van der Waals surface area contributed by atoms with Crippen LogP contribution in [0.25, 0.3) is 0 Å². The molecular formula is C19H24N4O2. The lowest BCUT2D eigenvalue weighted by molar-refractivity contribution is 0.102. The third-order valence-corrected chi connectivity index (χ3v) is 4.28. The Bertz CT molecular complexity index is 718. The van der Waals surface area contributed by atoms with Crippen molar-refractivity contribution >= 4 is 17.5 Å². The van der Waals surface area contributed by atoms with E-state index in [0.717, 1.165) is 19.5 Å². The number of carbonyl (C=O) groups excluding carboxylic acids is 1. The van der Waals surface area contributed by atoms with E-state index >= 15 is 0 Å². The third-order valence-electron chi connectivity index (χ3n) is 4.28. The Kier molecular flexibility index (Phi) is 5.48. The number of nitrogens with one attached hydrogen (secondary N) is 1. The van der Waals surface area contributed by atoms with Gasteiger partial charge in [0.05, 0.1) is 17.9 Å². The van der Waals surface area contributed by atoms with Gasteiger partial charge in [0.25, 0.3) is 5.91 Å². The fourth-order valence-corrected chi connectivity index (χ4v) is 3.02. The second-order valence-electron chi connectivity index (χ2n) is 6.35. The van der Waals surface area contributed by atoms with Crippen molar-refractivity contribution in [2.75, 3.05) is 29.9 Å². The van der Waals surface area contributed by atoms with E-state index in [1.54, 1.807) is 12.4 Å². The van der Waals surface area contributed by atoms with Gasteiger partial charge in [-0.15, -0.1) is 0 Å². The molecule has 2 heterocycles. The van der Waals surface area contributed by atoms with Gasteiger partial charge in [-0.3, -0.25) is 4.79 Å². The lowest BCUT2D eigenvalue weighted by Crippen LogP contribution is -2.35. The van der Waals surface area contributed by atoms with Crippen LogP contribution >= 0.6 is 0 Å². The molecule has 2 aromatic rings. The highest BCUT2D eigenvalue weighted by molar-refractivity contribution is 6.04. The summed E-state index contributed by atoms with van der Waals surface area (Å²) in [7, 11) is 0. The molecular weight excluding hydrogens is 316 g/mol. The molecule has 1 aliphatic rings. The first-order valence-electron chi connectivity index (χ1n) is 8.77. The van der Waals surface area contributed by atoms with Gasteiger partial charge in [0, 0.05) is 25.5 Å².